The van der Waals surface area contributed by atoms with E-state index in [-0.39, 0.29) is 12.3 Å². The highest BCUT2D eigenvalue weighted by Crippen LogP contribution is 2.28. The lowest BCUT2D eigenvalue weighted by molar-refractivity contribution is -0.120. The Morgan fingerprint density at radius 2 is 1.73 bits per heavy atom. The first-order valence-corrected chi connectivity index (χ1v) is 9.58. The summed E-state index contributed by atoms with van der Waals surface area (Å²) < 4.78 is 16.0. The molecule has 0 saturated heterocycles. The van der Waals surface area contributed by atoms with Crippen LogP contribution in [0.15, 0.2) is 71.3 Å². The van der Waals surface area contributed by atoms with Crippen molar-refractivity contribution >= 4 is 16.7 Å². The SMILES string of the molecule is COc1ccc(CC(=O)NCc2cc(-c3ccc4ccccc4c3)on2)cc1OC. The van der Waals surface area contributed by atoms with Gasteiger partial charge in [-0.25, -0.2) is 0 Å². The molecule has 0 aliphatic heterocycles. The number of aromatic nitrogens is 1. The number of benzene rings is 3. The van der Waals surface area contributed by atoms with Gasteiger partial charge in [0.1, 0.15) is 5.69 Å². The Labute approximate surface area is 174 Å². The van der Waals surface area contributed by atoms with Crippen LogP contribution in [0.1, 0.15) is 11.3 Å². The fourth-order valence-corrected chi connectivity index (χ4v) is 3.30. The largest absolute Gasteiger partial charge is 0.493 e. The van der Waals surface area contributed by atoms with E-state index in [0.29, 0.717) is 29.5 Å². The summed E-state index contributed by atoms with van der Waals surface area (Å²) in [5.41, 5.74) is 2.45. The van der Waals surface area contributed by atoms with Crippen LogP contribution < -0.4 is 14.8 Å². The summed E-state index contributed by atoms with van der Waals surface area (Å²) in [5.74, 6) is 1.78. The smallest absolute Gasteiger partial charge is 0.224 e. The fraction of sp³-hybridized carbons (Fsp3) is 0.167. The number of nitrogens with one attached hydrogen (secondary N) is 1. The minimum atomic E-state index is -0.113. The van der Waals surface area contributed by atoms with E-state index in [1.165, 1.54) is 5.39 Å². The zero-order valence-electron chi connectivity index (χ0n) is 16.8. The average Bonchev–Trinajstić information content (AvgIpc) is 3.26. The van der Waals surface area contributed by atoms with Crippen LogP contribution in [0.3, 0.4) is 0 Å². The Morgan fingerprint density at radius 1 is 0.933 bits per heavy atom. The molecule has 0 saturated carbocycles. The van der Waals surface area contributed by atoms with E-state index in [4.69, 9.17) is 14.0 Å². The second-order valence-electron chi connectivity index (χ2n) is 6.89. The molecule has 30 heavy (non-hydrogen) atoms. The molecule has 1 heterocycles. The van der Waals surface area contributed by atoms with Crippen LogP contribution in [0.4, 0.5) is 0 Å². The van der Waals surface area contributed by atoms with Crippen LogP contribution in [0.25, 0.3) is 22.1 Å². The molecule has 1 amide bonds. The summed E-state index contributed by atoms with van der Waals surface area (Å²) >= 11 is 0. The molecule has 0 unspecified atom stereocenters. The van der Waals surface area contributed by atoms with Crippen molar-refractivity contribution in [3.05, 3.63) is 78.0 Å². The molecule has 4 rings (SSSR count). The predicted octanol–water partition coefficient (Wildman–Crippen LogP) is 4.37. The number of hydrogen-bond donors (Lipinski definition) is 1. The third-order valence-electron chi connectivity index (χ3n) is 4.87. The predicted molar refractivity (Wildman–Crippen MR) is 115 cm³/mol. The molecule has 6 nitrogen and oxygen atoms in total. The quantitative estimate of drug-likeness (QED) is 0.497. The van der Waals surface area contributed by atoms with E-state index in [0.717, 1.165) is 16.5 Å². The molecular formula is C24H22N2O4. The third kappa shape index (κ3) is 4.27. The summed E-state index contributed by atoms with van der Waals surface area (Å²) in [7, 11) is 3.15. The number of amides is 1. The highest BCUT2D eigenvalue weighted by atomic mass is 16.5. The van der Waals surface area contributed by atoms with Gasteiger partial charge in [-0.3, -0.25) is 4.79 Å². The van der Waals surface area contributed by atoms with E-state index in [9.17, 15) is 4.79 Å². The zero-order valence-corrected chi connectivity index (χ0v) is 16.8. The maximum absolute atomic E-state index is 12.3. The summed E-state index contributed by atoms with van der Waals surface area (Å²) in [4.78, 5) is 12.3. The van der Waals surface area contributed by atoms with Crippen LogP contribution in [0, 0.1) is 0 Å². The van der Waals surface area contributed by atoms with E-state index in [1.807, 2.05) is 30.3 Å². The second-order valence-corrected chi connectivity index (χ2v) is 6.89. The Kier molecular flexibility index (Phi) is 5.66. The zero-order chi connectivity index (χ0) is 20.9. The molecule has 4 aromatic rings. The number of carbonyl (C=O) groups excluding carboxylic acids is 1. The molecule has 0 spiro atoms. The number of carbonyl (C=O) groups is 1. The number of rotatable bonds is 7. The molecule has 0 bridgehead atoms. The van der Waals surface area contributed by atoms with Crippen molar-refractivity contribution in [1.82, 2.24) is 10.5 Å². The van der Waals surface area contributed by atoms with Gasteiger partial charge in [0.05, 0.1) is 27.2 Å². The lowest BCUT2D eigenvalue weighted by Crippen LogP contribution is -2.24. The highest BCUT2D eigenvalue weighted by molar-refractivity contribution is 5.86. The van der Waals surface area contributed by atoms with E-state index >= 15 is 0 Å². The van der Waals surface area contributed by atoms with Crippen molar-refractivity contribution in [3.63, 3.8) is 0 Å². The molecular weight excluding hydrogens is 380 g/mol. The average molecular weight is 402 g/mol. The van der Waals surface area contributed by atoms with Crippen LogP contribution in [0.5, 0.6) is 11.5 Å². The Hall–Kier alpha value is -3.80. The molecule has 152 valence electrons. The van der Waals surface area contributed by atoms with E-state index in [2.05, 4.69) is 34.7 Å². The molecule has 1 N–H and O–H groups in total. The van der Waals surface area contributed by atoms with Gasteiger partial charge in [-0.05, 0) is 34.5 Å². The minimum Gasteiger partial charge on any atom is -0.493 e. The lowest BCUT2D eigenvalue weighted by atomic mass is 10.1. The van der Waals surface area contributed by atoms with Crippen LogP contribution in [-0.2, 0) is 17.8 Å². The van der Waals surface area contributed by atoms with Crippen LogP contribution in [-0.4, -0.2) is 25.3 Å². The van der Waals surface area contributed by atoms with Gasteiger partial charge in [-0.1, -0.05) is 47.6 Å². The van der Waals surface area contributed by atoms with Gasteiger partial charge in [0.2, 0.25) is 5.91 Å². The van der Waals surface area contributed by atoms with Gasteiger partial charge >= 0.3 is 0 Å². The maximum Gasteiger partial charge on any atom is 0.224 e. The molecule has 0 radical (unpaired) electrons. The normalized spacial score (nSPS) is 10.7. The Balaban J connectivity index is 1.38. The molecule has 0 aliphatic carbocycles. The van der Waals surface area contributed by atoms with Gasteiger partial charge < -0.3 is 19.3 Å². The first-order valence-electron chi connectivity index (χ1n) is 9.58. The summed E-state index contributed by atoms with van der Waals surface area (Å²) in [5, 5.41) is 9.26. The molecule has 1 aromatic heterocycles. The second kappa shape index (κ2) is 8.69. The standard InChI is InChI=1S/C24H22N2O4/c1-28-21-10-7-16(11-23(21)29-2)12-24(27)25-15-20-14-22(30-26-20)19-9-8-17-5-3-4-6-18(17)13-19/h3-11,13-14H,12,15H2,1-2H3,(H,25,27). The van der Waals surface area contributed by atoms with Crippen molar-refractivity contribution in [2.45, 2.75) is 13.0 Å². The summed E-state index contributed by atoms with van der Waals surface area (Å²) in [6, 6.07) is 21.5. The highest BCUT2D eigenvalue weighted by Gasteiger charge is 2.11. The van der Waals surface area contributed by atoms with Crippen molar-refractivity contribution < 1.29 is 18.8 Å². The van der Waals surface area contributed by atoms with Gasteiger partial charge in [-0.2, -0.15) is 0 Å². The Morgan fingerprint density at radius 3 is 2.53 bits per heavy atom. The number of nitrogens with zero attached hydrogens (tertiary/aromatic N) is 1. The molecule has 3 aromatic carbocycles. The van der Waals surface area contributed by atoms with Gasteiger partial charge in [0, 0.05) is 11.6 Å². The molecule has 0 aliphatic rings. The van der Waals surface area contributed by atoms with Crippen LogP contribution in [0.2, 0.25) is 0 Å². The maximum atomic E-state index is 12.3. The van der Waals surface area contributed by atoms with Crippen molar-refractivity contribution in [2.24, 2.45) is 0 Å². The van der Waals surface area contributed by atoms with Gasteiger partial charge in [0.15, 0.2) is 17.3 Å². The summed E-state index contributed by atoms with van der Waals surface area (Å²) in [6.07, 6.45) is 0.232. The number of hydrogen-bond acceptors (Lipinski definition) is 5. The van der Waals surface area contributed by atoms with Gasteiger partial charge in [0.25, 0.3) is 0 Å². The van der Waals surface area contributed by atoms with Gasteiger partial charge in [-0.15, -0.1) is 0 Å². The number of ether oxygens (including phenoxy) is 2. The number of fused-ring (bicyclic) bond motifs is 1. The van der Waals surface area contributed by atoms with Crippen molar-refractivity contribution in [2.75, 3.05) is 14.2 Å². The minimum absolute atomic E-state index is 0.113. The lowest BCUT2D eigenvalue weighted by Gasteiger charge is -2.09. The molecule has 0 atom stereocenters. The number of methoxy groups -OCH3 is 2. The third-order valence-corrected chi connectivity index (χ3v) is 4.87. The van der Waals surface area contributed by atoms with E-state index in [1.54, 1.807) is 26.4 Å². The van der Waals surface area contributed by atoms with E-state index < -0.39 is 0 Å². The first kappa shape index (κ1) is 19.5. The fourth-order valence-electron chi connectivity index (χ4n) is 3.30. The topological polar surface area (TPSA) is 73.6 Å². The molecule has 0 fully saturated rings. The summed E-state index contributed by atoms with van der Waals surface area (Å²) in [6.45, 7) is 0.295. The van der Waals surface area contributed by atoms with Crippen molar-refractivity contribution in [3.8, 4) is 22.8 Å². The Bertz CT molecular complexity index is 1180. The molecule has 6 heteroatoms. The monoisotopic (exact) mass is 402 g/mol. The van der Waals surface area contributed by atoms with Crippen molar-refractivity contribution in [1.29, 1.82) is 0 Å². The first-order chi connectivity index (χ1) is 14.7. The van der Waals surface area contributed by atoms with Crippen LogP contribution >= 0.6 is 0 Å².